The Morgan fingerprint density at radius 2 is 1.96 bits per heavy atom. The average molecular weight is 366 g/mol. The number of pyridine rings is 1. The molecule has 0 fully saturated rings. The fourth-order valence-corrected chi connectivity index (χ4v) is 2.87. The number of nitrogens with one attached hydrogen (secondary N) is 1. The second-order valence-electron chi connectivity index (χ2n) is 6.25. The molecule has 4 rings (SSSR count). The van der Waals surface area contributed by atoms with E-state index in [0.29, 0.717) is 17.0 Å². The topological polar surface area (TPSA) is 93.4 Å². The molecular weight excluding hydrogens is 343 g/mol. The Bertz CT molecular complexity index is 1040. The summed E-state index contributed by atoms with van der Waals surface area (Å²) in [5.74, 6) is 0.221. The maximum Gasteiger partial charge on any atom is 0.182 e. The first-order valence-electron chi connectivity index (χ1n) is 9.10. The lowest BCUT2D eigenvalue weighted by molar-refractivity contribution is 0.629. The number of halogens is 1. The standard InChI is InChI=1S/C15H18FN.C5H5N5/c1-3-5-6-14-11(4-2)9-12-7-8-13(16)10-15(12)17-14;6-4-3-5(9-1-7-3)10-2-8-4/h7-10H,3-6H2,1-2H3;1-2H,(H3,6,7,8,9,10). The molecule has 0 bridgehead atoms. The number of hydrogen-bond acceptors (Lipinski definition) is 5. The van der Waals surface area contributed by atoms with E-state index in [1.54, 1.807) is 6.07 Å². The zero-order valence-corrected chi connectivity index (χ0v) is 15.5. The molecule has 0 atom stereocenters. The van der Waals surface area contributed by atoms with Crippen LogP contribution in [0, 0.1) is 5.82 Å². The van der Waals surface area contributed by atoms with Gasteiger partial charge in [0, 0.05) is 17.1 Å². The third-order valence-electron chi connectivity index (χ3n) is 4.35. The molecule has 4 aromatic rings. The van der Waals surface area contributed by atoms with Crippen molar-refractivity contribution in [1.29, 1.82) is 0 Å². The normalized spacial score (nSPS) is 10.8. The molecule has 0 aliphatic rings. The minimum absolute atomic E-state index is 0.212. The van der Waals surface area contributed by atoms with E-state index < -0.39 is 0 Å². The van der Waals surface area contributed by atoms with Gasteiger partial charge in [0.25, 0.3) is 0 Å². The molecular formula is C20H23FN6. The number of H-pyrrole nitrogens is 1. The summed E-state index contributed by atoms with van der Waals surface area (Å²) >= 11 is 0. The first-order chi connectivity index (χ1) is 13.1. The molecule has 0 saturated carbocycles. The highest BCUT2D eigenvalue weighted by Crippen LogP contribution is 2.20. The Morgan fingerprint density at radius 1 is 1.11 bits per heavy atom. The van der Waals surface area contributed by atoms with Crippen LogP contribution in [0.1, 0.15) is 37.9 Å². The number of nitrogen functional groups attached to an aromatic ring is 1. The van der Waals surface area contributed by atoms with Gasteiger partial charge < -0.3 is 10.7 Å². The van der Waals surface area contributed by atoms with Crippen LogP contribution in [0.15, 0.2) is 36.9 Å². The van der Waals surface area contributed by atoms with Crippen LogP contribution in [0.4, 0.5) is 10.2 Å². The summed E-state index contributed by atoms with van der Waals surface area (Å²) < 4.78 is 13.2. The van der Waals surface area contributed by atoms with Crippen molar-refractivity contribution in [3.63, 3.8) is 0 Å². The quantitative estimate of drug-likeness (QED) is 0.564. The molecule has 0 unspecified atom stereocenters. The van der Waals surface area contributed by atoms with Crippen molar-refractivity contribution in [2.45, 2.75) is 39.5 Å². The van der Waals surface area contributed by atoms with Gasteiger partial charge in [-0.15, -0.1) is 0 Å². The second kappa shape index (κ2) is 8.53. The number of rotatable bonds is 4. The summed E-state index contributed by atoms with van der Waals surface area (Å²) in [4.78, 5) is 19.0. The van der Waals surface area contributed by atoms with Gasteiger partial charge in [0.2, 0.25) is 0 Å². The van der Waals surface area contributed by atoms with Gasteiger partial charge in [0.05, 0.1) is 11.8 Å². The van der Waals surface area contributed by atoms with Crippen molar-refractivity contribution in [2.24, 2.45) is 0 Å². The maximum atomic E-state index is 13.2. The molecule has 0 spiro atoms. The van der Waals surface area contributed by atoms with Crippen LogP contribution in [-0.4, -0.2) is 24.9 Å². The molecule has 3 aromatic heterocycles. The molecule has 0 aliphatic carbocycles. The lowest BCUT2D eigenvalue weighted by atomic mass is 10.0. The van der Waals surface area contributed by atoms with Gasteiger partial charge in [-0.2, -0.15) is 0 Å². The Hall–Kier alpha value is -3.09. The van der Waals surface area contributed by atoms with Crippen molar-refractivity contribution in [3.05, 3.63) is 54.0 Å². The van der Waals surface area contributed by atoms with E-state index in [1.807, 2.05) is 0 Å². The second-order valence-corrected chi connectivity index (χ2v) is 6.25. The number of imidazole rings is 1. The van der Waals surface area contributed by atoms with E-state index in [0.717, 1.165) is 42.3 Å². The van der Waals surface area contributed by atoms with Crippen LogP contribution in [0.25, 0.3) is 22.1 Å². The minimum Gasteiger partial charge on any atom is -0.382 e. The fraction of sp³-hybridized carbons (Fsp3) is 0.300. The summed E-state index contributed by atoms with van der Waals surface area (Å²) in [6.45, 7) is 4.31. The van der Waals surface area contributed by atoms with Gasteiger partial charge in [-0.1, -0.05) is 20.3 Å². The monoisotopic (exact) mass is 366 g/mol. The first-order valence-corrected chi connectivity index (χ1v) is 9.10. The number of nitrogens with two attached hydrogens (primary N) is 1. The smallest absolute Gasteiger partial charge is 0.182 e. The average Bonchev–Trinajstić information content (AvgIpc) is 3.16. The molecule has 0 radical (unpaired) electrons. The van der Waals surface area contributed by atoms with E-state index in [4.69, 9.17) is 5.73 Å². The number of anilines is 1. The molecule has 140 valence electrons. The number of aromatic nitrogens is 5. The molecule has 0 aliphatic heterocycles. The molecule has 27 heavy (non-hydrogen) atoms. The van der Waals surface area contributed by atoms with Crippen molar-refractivity contribution in [3.8, 4) is 0 Å². The van der Waals surface area contributed by atoms with Crippen LogP contribution in [0.3, 0.4) is 0 Å². The SMILES string of the molecule is CCCCc1nc2cc(F)ccc2cc1CC.Nc1ncnc2nc[nH]c12. The third-order valence-corrected chi connectivity index (χ3v) is 4.35. The molecule has 3 heterocycles. The van der Waals surface area contributed by atoms with Crippen LogP contribution < -0.4 is 5.73 Å². The summed E-state index contributed by atoms with van der Waals surface area (Å²) in [7, 11) is 0. The minimum atomic E-state index is -0.212. The van der Waals surface area contributed by atoms with Gasteiger partial charge in [-0.25, -0.2) is 19.3 Å². The maximum absolute atomic E-state index is 13.2. The number of benzene rings is 1. The largest absolute Gasteiger partial charge is 0.382 e. The highest BCUT2D eigenvalue weighted by atomic mass is 19.1. The first kappa shape index (κ1) is 18.7. The summed E-state index contributed by atoms with van der Waals surface area (Å²) in [6, 6.07) is 6.96. The van der Waals surface area contributed by atoms with Gasteiger partial charge in [-0.3, -0.25) is 4.98 Å². The van der Waals surface area contributed by atoms with Crippen molar-refractivity contribution in [1.82, 2.24) is 24.9 Å². The number of aryl methyl sites for hydroxylation is 2. The molecule has 0 amide bonds. The summed E-state index contributed by atoms with van der Waals surface area (Å²) in [5.41, 5.74) is 9.97. The van der Waals surface area contributed by atoms with Gasteiger partial charge in [0.15, 0.2) is 11.5 Å². The zero-order chi connectivity index (χ0) is 19.2. The van der Waals surface area contributed by atoms with Crippen molar-refractivity contribution >= 4 is 27.9 Å². The number of fused-ring (bicyclic) bond motifs is 2. The Kier molecular flexibility index (Phi) is 5.90. The molecule has 7 heteroatoms. The Balaban J connectivity index is 0.000000177. The molecule has 0 saturated heterocycles. The van der Waals surface area contributed by atoms with Gasteiger partial charge in [-0.05, 0) is 43.0 Å². The number of hydrogen-bond donors (Lipinski definition) is 2. The van der Waals surface area contributed by atoms with Crippen molar-refractivity contribution in [2.75, 3.05) is 5.73 Å². The molecule has 6 nitrogen and oxygen atoms in total. The van der Waals surface area contributed by atoms with E-state index >= 15 is 0 Å². The van der Waals surface area contributed by atoms with Crippen LogP contribution in [-0.2, 0) is 12.8 Å². The van der Waals surface area contributed by atoms with Crippen LogP contribution in [0.2, 0.25) is 0 Å². The predicted octanol–water partition coefficient (Wildman–Crippen LogP) is 4.21. The number of nitrogens with zero attached hydrogens (tertiary/aromatic N) is 4. The van der Waals surface area contributed by atoms with Gasteiger partial charge in [0.1, 0.15) is 17.7 Å². The molecule has 3 N–H and O–H groups in total. The lowest BCUT2D eigenvalue weighted by Crippen LogP contribution is -1.98. The Morgan fingerprint density at radius 3 is 2.70 bits per heavy atom. The summed E-state index contributed by atoms with van der Waals surface area (Å²) in [5, 5.41) is 1.03. The zero-order valence-electron chi connectivity index (χ0n) is 15.5. The molecule has 1 aromatic carbocycles. The van der Waals surface area contributed by atoms with Crippen LogP contribution >= 0.6 is 0 Å². The van der Waals surface area contributed by atoms with Gasteiger partial charge >= 0.3 is 0 Å². The third kappa shape index (κ3) is 4.36. The highest BCUT2D eigenvalue weighted by Gasteiger charge is 2.06. The fourth-order valence-electron chi connectivity index (χ4n) is 2.87. The van der Waals surface area contributed by atoms with E-state index in [2.05, 4.69) is 44.8 Å². The number of unbranched alkanes of at least 4 members (excludes halogenated alkanes) is 1. The Labute approximate surface area is 157 Å². The predicted molar refractivity (Wildman–Crippen MR) is 106 cm³/mol. The van der Waals surface area contributed by atoms with E-state index in [-0.39, 0.29) is 5.82 Å². The summed E-state index contributed by atoms with van der Waals surface area (Å²) in [6.07, 6.45) is 7.20. The van der Waals surface area contributed by atoms with E-state index in [1.165, 1.54) is 30.4 Å². The van der Waals surface area contributed by atoms with E-state index in [9.17, 15) is 4.39 Å². The number of aromatic amines is 1. The van der Waals surface area contributed by atoms with Crippen molar-refractivity contribution < 1.29 is 4.39 Å². The van der Waals surface area contributed by atoms with Crippen LogP contribution in [0.5, 0.6) is 0 Å². The highest BCUT2D eigenvalue weighted by molar-refractivity contribution is 5.80. The lowest BCUT2D eigenvalue weighted by Gasteiger charge is -2.08.